The molecule has 2 saturated carbocycles. The predicted molar refractivity (Wildman–Crippen MR) is 73.8 cm³/mol. The van der Waals surface area contributed by atoms with Gasteiger partial charge in [0, 0.05) is 37.8 Å². The van der Waals surface area contributed by atoms with Crippen molar-refractivity contribution in [2.45, 2.75) is 56.5 Å². The molecule has 2 aliphatic carbocycles. The van der Waals surface area contributed by atoms with Crippen molar-refractivity contribution in [3.63, 3.8) is 0 Å². The highest BCUT2D eigenvalue weighted by Crippen LogP contribution is 2.46. The van der Waals surface area contributed by atoms with E-state index in [4.69, 9.17) is 4.74 Å². The van der Waals surface area contributed by atoms with E-state index in [0.29, 0.717) is 11.1 Å². The molecule has 1 saturated heterocycles. The van der Waals surface area contributed by atoms with Gasteiger partial charge in [-0.2, -0.15) is 0 Å². The highest BCUT2D eigenvalue weighted by atomic mass is 16.5. The van der Waals surface area contributed by atoms with Crippen LogP contribution in [0.15, 0.2) is 0 Å². The second-order valence-corrected chi connectivity index (χ2v) is 6.89. The number of methoxy groups -OCH3 is 1. The van der Waals surface area contributed by atoms with Crippen LogP contribution in [-0.2, 0) is 4.74 Å². The first-order valence-electron chi connectivity index (χ1n) is 7.68. The molecule has 0 bridgehead atoms. The summed E-state index contributed by atoms with van der Waals surface area (Å²) >= 11 is 0. The Morgan fingerprint density at radius 3 is 2.61 bits per heavy atom. The lowest BCUT2D eigenvalue weighted by molar-refractivity contribution is -0.0118. The maximum atomic E-state index is 5.33. The van der Waals surface area contributed by atoms with Gasteiger partial charge in [-0.05, 0) is 38.5 Å². The number of hydrogen-bond donors (Lipinski definition) is 1. The van der Waals surface area contributed by atoms with Crippen LogP contribution in [-0.4, -0.2) is 49.3 Å². The van der Waals surface area contributed by atoms with Gasteiger partial charge in [0.1, 0.15) is 0 Å². The Balaban J connectivity index is 1.72. The van der Waals surface area contributed by atoms with E-state index in [1.165, 1.54) is 51.6 Å². The summed E-state index contributed by atoms with van der Waals surface area (Å²) in [7, 11) is 1.82. The Hall–Kier alpha value is -0.120. The normalized spacial score (nSPS) is 36.3. The van der Waals surface area contributed by atoms with E-state index in [1.54, 1.807) is 0 Å². The monoisotopic (exact) mass is 252 g/mol. The van der Waals surface area contributed by atoms with Crippen molar-refractivity contribution in [3.05, 3.63) is 0 Å². The van der Waals surface area contributed by atoms with Gasteiger partial charge in [0.05, 0.1) is 6.61 Å². The Morgan fingerprint density at radius 2 is 2.00 bits per heavy atom. The van der Waals surface area contributed by atoms with Crippen LogP contribution < -0.4 is 5.32 Å². The molecule has 0 aromatic rings. The molecule has 1 atom stereocenters. The molecule has 0 radical (unpaired) electrons. The number of nitrogens with one attached hydrogen (secondary N) is 1. The van der Waals surface area contributed by atoms with E-state index in [9.17, 15) is 0 Å². The number of ether oxygens (including phenoxy) is 1. The summed E-state index contributed by atoms with van der Waals surface area (Å²) in [5.41, 5.74) is 0.814. The molecule has 3 rings (SSSR count). The fourth-order valence-electron chi connectivity index (χ4n) is 4.11. The average molecular weight is 252 g/mol. The van der Waals surface area contributed by atoms with E-state index in [2.05, 4.69) is 17.1 Å². The summed E-state index contributed by atoms with van der Waals surface area (Å²) in [5.74, 6) is 0.917. The minimum Gasteiger partial charge on any atom is -0.383 e. The highest BCUT2D eigenvalue weighted by Gasteiger charge is 2.52. The van der Waals surface area contributed by atoms with Crippen molar-refractivity contribution >= 4 is 0 Å². The van der Waals surface area contributed by atoms with Crippen LogP contribution in [0.5, 0.6) is 0 Å². The zero-order chi connectivity index (χ0) is 12.6. The standard InChI is InChI=1S/C15H28N2O/c1-14(13-5-6-13)11-16-15(7-3-4-8-15)12-17(14)9-10-18-2/h13,16H,3-12H2,1-2H3. The lowest BCUT2D eigenvalue weighted by Gasteiger charge is -2.53. The molecule has 104 valence electrons. The molecule has 0 amide bonds. The molecule has 1 unspecified atom stereocenters. The van der Waals surface area contributed by atoms with E-state index < -0.39 is 0 Å². The Kier molecular flexibility index (Phi) is 3.41. The molecule has 3 nitrogen and oxygen atoms in total. The number of nitrogens with zero attached hydrogens (tertiary/aromatic N) is 1. The fraction of sp³-hybridized carbons (Fsp3) is 1.00. The lowest BCUT2D eigenvalue weighted by Crippen LogP contribution is -2.69. The van der Waals surface area contributed by atoms with Gasteiger partial charge in [0.2, 0.25) is 0 Å². The minimum atomic E-state index is 0.381. The molecule has 1 aliphatic heterocycles. The van der Waals surface area contributed by atoms with Gasteiger partial charge in [-0.1, -0.05) is 12.8 Å². The molecule has 0 aromatic heterocycles. The number of hydrogen-bond acceptors (Lipinski definition) is 3. The van der Waals surface area contributed by atoms with E-state index in [0.717, 1.165) is 19.1 Å². The van der Waals surface area contributed by atoms with Crippen LogP contribution in [0.3, 0.4) is 0 Å². The van der Waals surface area contributed by atoms with Crippen molar-refractivity contribution in [1.29, 1.82) is 0 Å². The molecule has 1 spiro atoms. The maximum absolute atomic E-state index is 5.33. The summed E-state index contributed by atoms with van der Waals surface area (Å²) < 4.78 is 5.33. The van der Waals surface area contributed by atoms with Crippen LogP contribution in [0, 0.1) is 5.92 Å². The Bertz CT molecular complexity index is 297. The third-order valence-electron chi connectivity index (χ3n) is 5.62. The third kappa shape index (κ3) is 2.21. The van der Waals surface area contributed by atoms with E-state index >= 15 is 0 Å². The predicted octanol–water partition coefficient (Wildman–Crippen LogP) is 2.02. The third-order valence-corrected chi connectivity index (χ3v) is 5.62. The lowest BCUT2D eigenvalue weighted by atomic mass is 9.83. The second kappa shape index (κ2) is 4.77. The van der Waals surface area contributed by atoms with Crippen molar-refractivity contribution in [2.75, 3.05) is 33.4 Å². The first kappa shape index (κ1) is 12.9. The van der Waals surface area contributed by atoms with Gasteiger partial charge >= 0.3 is 0 Å². The van der Waals surface area contributed by atoms with Gasteiger partial charge in [-0.3, -0.25) is 4.90 Å². The maximum Gasteiger partial charge on any atom is 0.0589 e. The fourth-order valence-corrected chi connectivity index (χ4v) is 4.11. The largest absolute Gasteiger partial charge is 0.383 e. The SMILES string of the molecule is COCCN1CC2(CCCC2)NCC1(C)C1CC1. The molecular formula is C15H28N2O. The number of rotatable bonds is 4. The first-order chi connectivity index (χ1) is 8.69. The highest BCUT2D eigenvalue weighted by molar-refractivity contribution is 5.10. The zero-order valence-electron chi connectivity index (χ0n) is 12.0. The van der Waals surface area contributed by atoms with Crippen molar-refractivity contribution in [3.8, 4) is 0 Å². The van der Waals surface area contributed by atoms with Crippen LogP contribution in [0.4, 0.5) is 0 Å². The Morgan fingerprint density at radius 1 is 1.28 bits per heavy atom. The summed E-state index contributed by atoms with van der Waals surface area (Å²) in [6, 6.07) is 0. The van der Waals surface area contributed by atoms with E-state index in [-0.39, 0.29) is 0 Å². The van der Waals surface area contributed by atoms with E-state index in [1.807, 2.05) is 7.11 Å². The van der Waals surface area contributed by atoms with Crippen molar-refractivity contribution in [2.24, 2.45) is 5.92 Å². The Labute approximate surface area is 111 Å². The van der Waals surface area contributed by atoms with Gasteiger partial charge in [-0.25, -0.2) is 0 Å². The second-order valence-electron chi connectivity index (χ2n) is 6.89. The summed E-state index contributed by atoms with van der Waals surface area (Å²) in [6.45, 7) is 6.87. The summed E-state index contributed by atoms with van der Waals surface area (Å²) in [6.07, 6.45) is 8.41. The number of piperazine rings is 1. The van der Waals surface area contributed by atoms with Crippen LogP contribution in [0.25, 0.3) is 0 Å². The molecule has 1 N–H and O–H groups in total. The van der Waals surface area contributed by atoms with Crippen molar-refractivity contribution < 1.29 is 4.74 Å². The quantitative estimate of drug-likeness (QED) is 0.828. The van der Waals surface area contributed by atoms with Gasteiger partial charge in [-0.15, -0.1) is 0 Å². The minimum absolute atomic E-state index is 0.381. The van der Waals surface area contributed by atoms with Crippen LogP contribution in [0.1, 0.15) is 45.4 Å². The van der Waals surface area contributed by atoms with Crippen LogP contribution >= 0.6 is 0 Å². The topological polar surface area (TPSA) is 24.5 Å². The van der Waals surface area contributed by atoms with Gasteiger partial charge in [0.15, 0.2) is 0 Å². The molecule has 3 aliphatic rings. The zero-order valence-corrected chi connectivity index (χ0v) is 12.0. The summed E-state index contributed by atoms with van der Waals surface area (Å²) in [5, 5.41) is 3.93. The molecule has 3 heteroatoms. The van der Waals surface area contributed by atoms with Crippen LogP contribution in [0.2, 0.25) is 0 Å². The molecule has 1 heterocycles. The summed E-state index contributed by atoms with van der Waals surface area (Å²) in [4.78, 5) is 2.75. The average Bonchev–Trinajstić information content (AvgIpc) is 3.14. The molecule has 18 heavy (non-hydrogen) atoms. The smallest absolute Gasteiger partial charge is 0.0589 e. The van der Waals surface area contributed by atoms with Gasteiger partial charge in [0.25, 0.3) is 0 Å². The molecule has 0 aromatic carbocycles. The molecule has 3 fully saturated rings. The molecular weight excluding hydrogens is 224 g/mol. The van der Waals surface area contributed by atoms with Gasteiger partial charge < -0.3 is 10.1 Å². The van der Waals surface area contributed by atoms with Crippen molar-refractivity contribution in [1.82, 2.24) is 10.2 Å². The first-order valence-corrected chi connectivity index (χ1v) is 7.68.